The fraction of sp³-hybridized carbons (Fsp3) is 0.300. The molecular formula is C10H12ClN3O2S2. The van der Waals surface area contributed by atoms with Crippen molar-refractivity contribution in [2.75, 3.05) is 7.05 Å². The van der Waals surface area contributed by atoms with Crippen molar-refractivity contribution in [1.82, 2.24) is 14.3 Å². The third-order valence-electron chi connectivity index (χ3n) is 2.43. The van der Waals surface area contributed by atoms with E-state index in [1.54, 1.807) is 25.4 Å². The lowest BCUT2D eigenvalue weighted by atomic mass is 10.4. The standard InChI is InChI=1S/C10H12ClN3O2S2/c1-7-5-9(17-10(7)11)18(15,16)14(2)6-8-12-3-4-13-8/h3-5H,6H2,1-2H3,(H,12,13). The number of imidazole rings is 1. The van der Waals surface area contributed by atoms with E-state index in [1.807, 2.05) is 0 Å². The molecule has 0 saturated carbocycles. The Balaban J connectivity index is 2.25. The Kier molecular flexibility index (Phi) is 3.76. The van der Waals surface area contributed by atoms with Gasteiger partial charge in [-0.3, -0.25) is 0 Å². The number of hydrogen-bond donors (Lipinski definition) is 1. The van der Waals surface area contributed by atoms with Crippen LogP contribution in [0.3, 0.4) is 0 Å². The monoisotopic (exact) mass is 305 g/mol. The number of nitrogens with zero attached hydrogens (tertiary/aromatic N) is 2. The molecule has 0 bridgehead atoms. The van der Waals surface area contributed by atoms with E-state index in [0.717, 1.165) is 16.9 Å². The molecule has 0 aliphatic carbocycles. The first kappa shape index (κ1) is 13.5. The van der Waals surface area contributed by atoms with E-state index in [4.69, 9.17) is 11.6 Å². The van der Waals surface area contributed by atoms with Crippen molar-refractivity contribution in [2.45, 2.75) is 17.7 Å². The Morgan fingerprint density at radius 1 is 1.56 bits per heavy atom. The highest BCUT2D eigenvalue weighted by molar-refractivity contribution is 7.91. The van der Waals surface area contributed by atoms with Crippen molar-refractivity contribution in [3.63, 3.8) is 0 Å². The summed E-state index contributed by atoms with van der Waals surface area (Å²) in [5.41, 5.74) is 0.770. The summed E-state index contributed by atoms with van der Waals surface area (Å²) in [6.07, 6.45) is 3.24. The van der Waals surface area contributed by atoms with Crippen molar-refractivity contribution in [2.24, 2.45) is 0 Å². The van der Waals surface area contributed by atoms with Gasteiger partial charge in [-0.2, -0.15) is 4.31 Å². The van der Waals surface area contributed by atoms with Gasteiger partial charge in [0.1, 0.15) is 10.0 Å². The van der Waals surface area contributed by atoms with Gasteiger partial charge in [0.25, 0.3) is 10.0 Å². The lowest BCUT2D eigenvalue weighted by Crippen LogP contribution is -2.26. The number of thiophene rings is 1. The first-order chi connectivity index (χ1) is 8.41. The van der Waals surface area contributed by atoms with E-state index in [9.17, 15) is 8.42 Å². The minimum Gasteiger partial charge on any atom is -0.347 e. The van der Waals surface area contributed by atoms with E-state index in [0.29, 0.717) is 10.2 Å². The summed E-state index contributed by atoms with van der Waals surface area (Å²) in [7, 11) is -1.99. The van der Waals surface area contributed by atoms with Gasteiger partial charge < -0.3 is 4.98 Å². The van der Waals surface area contributed by atoms with Gasteiger partial charge in [0.05, 0.1) is 10.9 Å². The normalized spacial score (nSPS) is 12.2. The van der Waals surface area contributed by atoms with Gasteiger partial charge in [-0.15, -0.1) is 11.3 Å². The van der Waals surface area contributed by atoms with Crippen LogP contribution in [0.25, 0.3) is 0 Å². The van der Waals surface area contributed by atoms with Crippen molar-refractivity contribution < 1.29 is 8.42 Å². The molecule has 0 atom stereocenters. The fourth-order valence-corrected chi connectivity index (χ4v) is 4.44. The van der Waals surface area contributed by atoms with Crippen LogP contribution in [0.15, 0.2) is 22.7 Å². The average Bonchev–Trinajstić information content (AvgIpc) is 2.90. The zero-order valence-electron chi connectivity index (χ0n) is 9.84. The molecule has 0 fully saturated rings. The van der Waals surface area contributed by atoms with Gasteiger partial charge in [0.2, 0.25) is 0 Å². The van der Waals surface area contributed by atoms with Crippen LogP contribution in [-0.4, -0.2) is 29.7 Å². The maximum Gasteiger partial charge on any atom is 0.252 e. The summed E-state index contributed by atoms with van der Waals surface area (Å²) >= 11 is 6.97. The maximum atomic E-state index is 12.3. The topological polar surface area (TPSA) is 66.1 Å². The van der Waals surface area contributed by atoms with Crippen LogP contribution in [-0.2, 0) is 16.6 Å². The van der Waals surface area contributed by atoms with Crippen molar-refractivity contribution in [3.05, 3.63) is 34.2 Å². The molecule has 98 valence electrons. The molecule has 2 aromatic heterocycles. The number of aromatic amines is 1. The number of aromatic nitrogens is 2. The van der Waals surface area contributed by atoms with Crippen LogP contribution < -0.4 is 0 Å². The Labute approximate surface area is 114 Å². The number of H-pyrrole nitrogens is 1. The van der Waals surface area contributed by atoms with E-state index in [1.165, 1.54) is 11.4 Å². The van der Waals surface area contributed by atoms with Gasteiger partial charge >= 0.3 is 0 Å². The first-order valence-corrected chi connectivity index (χ1v) is 7.75. The number of aryl methyl sites for hydroxylation is 1. The summed E-state index contributed by atoms with van der Waals surface area (Å²) in [6, 6.07) is 1.58. The third kappa shape index (κ3) is 2.59. The van der Waals surface area contributed by atoms with Crippen molar-refractivity contribution in [3.8, 4) is 0 Å². The zero-order valence-corrected chi connectivity index (χ0v) is 12.2. The number of hydrogen-bond acceptors (Lipinski definition) is 4. The number of sulfonamides is 1. The SMILES string of the molecule is Cc1cc(S(=O)(=O)N(C)Cc2ncc[nH]2)sc1Cl. The minimum absolute atomic E-state index is 0.198. The molecule has 0 saturated heterocycles. The summed E-state index contributed by atoms with van der Waals surface area (Å²) in [6.45, 7) is 1.98. The minimum atomic E-state index is -3.51. The smallest absolute Gasteiger partial charge is 0.252 e. The number of halogens is 1. The molecule has 0 spiro atoms. The molecule has 5 nitrogen and oxygen atoms in total. The fourth-order valence-electron chi connectivity index (χ4n) is 1.39. The zero-order chi connectivity index (χ0) is 13.3. The van der Waals surface area contributed by atoms with Crippen molar-refractivity contribution >= 4 is 33.0 Å². The van der Waals surface area contributed by atoms with Gasteiger partial charge in [-0.1, -0.05) is 11.6 Å². The van der Waals surface area contributed by atoms with E-state index >= 15 is 0 Å². The Morgan fingerprint density at radius 3 is 2.78 bits per heavy atom. The Hall–Kier alpha value is -0.890. The molecule has 18 heavy (non-hydrogen) atoms. The van der Waals surface area contributed by atoms with Gasteiger partial charge in [0, 0.05) is 19.4 Å². The molecule has 2 heterocycles. The average molecular weight is 306 g/mol. The first-order valence-electron chi connectivity index (χ1n) is 5.12. The number of nitrogens with one attached hydrogen (secondary N) is 1. The van der Waals surface area contributed by atoms with Gasteiger partial charge in [-0.25, -0.2) is 13.4 Å². The highest BCUT2D eigenvalue weighted by Crippen LogP contribution is 2.31. The summed E-state index contributed by atoms with van der Waals surface area (Å²) in [4.78, 5) is 6.87. The van der Waals surface area contributed by atoms with Gasteiger partial charge in [0.15, 0.2) is 0 Å². The highest BCUT2D eigenvalue weighted by atomic mass is 35.5. The largest absolute Gasteiger partial charge is 0.347 e. The van der Waals surface area contributed by atoms with Crippen LogP contribution in [0.1, 0.15) is 11.4 Å². The third-order valence-corrected chi connectivity index (χ3v) is 6.23. The lowest BCUT2D eigenvalue weighted by molar-refractivity contribution is 0.460. The lowest BCUT2D eigenvalue weighted by Gasteiger charge is -2.14. The Morgan fingerprint density at radius 2 is 2.28 bits per heavy atom. The molecule has 1 N–H and O–H groups in total. The molecular weight excluding hydrogens is 294 g/mol. The van der Waals surface area contributed by atoms with Crippen molar-refractivity contribution in [1.29, 1.82) is 0 Å². The highest BCUT2D eigenvalue weighted by Gasteiger charge is 2.24. The molecule has 2 aromatic rings. The summed E-state index contributed by atoms with van der Waals surface area (Å²) in [5, 5.41) is 0. The van der Waals surface area contributed by atoms with Crippen LogP contribution >= 0.6 is 22.9 Å². The number of rotatable bonds is 4. The molecule has 0 aromatic carbocycles. The second kappa shape index (κ2) is 5.00. The molecule has 2 rings (SSSR count). The molecule has 0 radical (unpaired) electrons. The second-order valence-electron chi connectivity index (χ2n) is 3.82. The summed E-state index contributed by atoms with van der Waals surface area (Å²) in [5.74, 6) is 0.598. The summed E-state index contributed by atoms with van der Waals surface area (Å²) < 4.78 is 26.5. The molecule has 0 amide bonds. The molecule has 0 aliphatic heterocycles. The van der Waals surface area contributed by atoms with E-state index in [-0.39, 0.29) is 10.8 Å². The maximum absolute atomic E-state index is 12.3. The van der Waals surface area contributed by atoms with Crippen LogP contribution in [0.4, 0.5) is 0 Å². The van der Waals surface area contributed by atoms with Crippen LogP contribution in [0.5, 0.6) is 0 Å². The predicted octanol–water partition coefficient (Wildman–Crippen LogP) is 2.25. The Bertz CT molecular complexity index is 615. The van der Waals surface area contributed by atoms with E-state index < -0.39 is 10.0 Å². The van der Waals surface area contributed by atoms with E-state index in [2.05, 4.69) is 9.97 Å². The van der Waals surface area contributed by atoms with Crippen LogP contribution in [0, 0.1) is 6.92 Å². The van der Waals surface area contributed by atoms with Crippen LogP contribution in [0.2, 0.25) is 4.34 Å². The molecule has 8 heteroatoms. The predicted molar refractivity (Wildman–Crippen MR) is 71.3 cm³/mol. The second-order valence-corrected chi connectivity index (χ2v) is 7.75. The quantitative estimate of drug-likeness (QED) is 0.942. The van der Waals surface area contributed by atoms with Gasteiger partial charge in [-0.05, 0) is 18.6 Å². The molecule has 0 aliphatic rings. The molecule has 0 unspecified atom stereocenters.